The van der Waals surface area contributed by atoms with Crippen LogP contribution in [0.2, 0.25) is 5.02 Å². The molecular weight excluding hydrogens is 538 g/mol. The molecule has 10 heteroatoms. The lowest BCUT2D eigenvalue weighted by Crippen LogP contribution is -2.51. The van der Waals surface area contributed by atoms with Crippen molar-refractivity contribution in [1.82, 2.24) is 10.2 Å². The first-order valence-corrected chi connectivity index (χ1v) is 14.3. The highest BCUT2D eigenvalue weighted by atomic mass is 35.5. The van der Waals surface area contributed by atoms with Gasteiger partial charge in [0.05, 0.1) is 17.7 Å². The number of hydrogen-bond donors (Lipinski definition) is 1. The highest BCUT2D eigenvalue weighted by Crippen LogP contribution is 2.30. The predicted octanol–water partition coefficient (Wildman–Crippen LogP) is 4.71. The van der Waals surface area contributed by atoms with E-state index in [4.69, 9.17) is 16.3 Å². The van der Waals surface area contributed by atoms with E-state index in [2.05, 4.69) is 5.32 Å². The Hall–Kier alpha value is -3.56. The number of carbonyl (C=O) groups excluding carboxylic acids is 2. The number of amides is 2. The summed E-state index contributed by atoms with van der Waals surface area (Å²) in [6.45, 7) is 4.96. The minimum absolute atomic E-state index is 0.0398. The van der Waals surface area contributed by atoms with Crippen LogP contribution in [0.3, 0.4) is 0 Å². The van der Waals surface area contributed by atoms with Gasteiger partial charge in [0.25, 0.3) is 10.0 Å². The summed E-state index contributed by atoms with van der Waals surface area (Å²) in [6.07, 6.45) is 0.330. The molecule has 0 bridgehead atoms. The number of anilines is 1. The van der Waals surface area contributed by atoms with Crippen molar-refractivity contribution in [3.05, 3.63) is 88.4 Å². The zero-order valence-electron chi connectivity index (χ0n) is 22.8. The minimum atomic E-state index is -4.17. The van der Waals surface area contributed by atoms with Crippen LogP contribution in [0.1, 0.15) is 30.0 Å². The third-order valence-electron chi connectivity index (χ3n) is 6.45. The van der Waals surface area contributed by atoms with Crippen LogP contribution in [0.5, 0.6) is 5.75 Å². The molecule has 208 valence electrons. The van der Waals surface area contributed by atoms with E-state index in [0.717, 1.165) is 15.4 Å². The van der Waals surface area contributed by atoms with Crippen molar-refractivity contribution in [3.63, 3.8) is 0 Å². The molecular formula is C29H34ClN3O5S. The van der Waals surface area contributed by atoms with Gasteiger partial charge in [-0.05, 0) is 67.8 Å². The van der Waals surface area contributed by atoms with Crippen molar-refractivity contribution in [2.24, 2.45) is 0 Å². The molecule has 0 aliphatic rings. The number of aryl methyl sites for hydroxylation is 2. The molecule has 0 saturated carbocycles. The van der Waals surface area contributed by atoms with Crippen LogP contribution in [0.15, 0.2) is 71.6 Å². The third kappa shape index (κ3) is 7.10. The first-order valence-electron chi connectivity index (χ1n) is 12.5. The second kappa shape index (κ2) is 13.0. The first kappa shape index (κ1) is 30.0. The lowest BCUT2D eigenvalue weighted by molar-refractivity contribution is -0.140. The Morgan fingerprint density at radius 3 is 2.33 bits per heavy atom. The molecule has 0 radical (unpaired) electrons. The molecule has 3 rings (SSSR count). The summed E-state index contributed by atoms with van der Waals surface area (Å²) in [5, 5.41) is 2.95. The maximum atomic E-state index is 14.0. The fourth-order valence-electron chi connectivity index (χ4n) is 4.26. The van der Waals surface area contributed by atoms with Gasteiger partial charge in [-0.15, -0.1) is 0 Å². The molecule has 0 saturated heterocycles. The minimum Gasteiger partial charge on any atom is -0.497 e. The number of sulfonamides is 1. The molecule has 1 atom stereocenters. The third-order valence-corrected chi connectivity index (χ3v) is 8.46. The molecule has 0 aliphatic carbocycles. The lowest BCUT2D eigenvalue weighted by atomic mass is 10.1. The van der Waals surface area contributed by atoms with E-state index in [9.17, 15) is 18.0 Å². The average Bonchev–Trinajstić information content (AvgIpc) is 2.93. The van der Waals surface area contributed by atoms with Gasteiger partial charge >= 0.3 is 0 Å². The molecule has 3 aromatic rings. The normalized spacial score (nSPS) is 11.9. The van der Waals surface area contributed by atoms with Gasteiger partial charge in [-0.2, -0.15) is 0 Å². The van der Waals surface area contributed by atoms with Gasteiger partial charge < -0.3 is 15.0 Å². The van der Waals surface area contributed by atoms with Crippen molar-refractivity contribution >= 4 is 39.1 Å². The molecule has 8 nitrogen and oxygen atoms in total. The first-order chi connectivity index (χ1) is 18.5. The number of nitrogens with zero attached hydrogens (tertiary/aromatic N) is 2. The number of halogens is 1. The van der Waals surface area contributed by atoms with Crippen molar-refractivity contribution in [1.29, 1.82) is 0 Å². The molecule has 0 fully saturated rings. The Morgan fingerprint density at radius 2 is 1.72 bits per heavy atom. The smallest absolute Gasteiger partial charge is 0.264 e. The highest BCUT2D eigenvalue weighted by Gasteiger charge is 2.34. The van der Waals surface area contributed by atoms with Crippen molar-refractivity contribution in [2.45, 2.75) is 44.7 Å². The zero-order valence-corrected chi connectivity index (χ0v) is 24.3. The number of ether oxygens (including phenoxy) is 1. The highest BCUT2D eigenvalue weighted by molar-refractivity contribution is 7.92. The summed E-state index contributed by atoms with van der Waals surface area (Å²) in [7, 11) is -1.13. The summed E-state index contributed by atoms with van der Waals surface area (Å²) in [5.74, 6) is -0.282. The van der Waals surface area contributed by atoms with Gasteiger partial charge in [-0.25, -0.2) is 8.42 Å². The van der Waals surface area contributed by atoms with Gasteiger partial charge in [0.15, 0.2) is 0 Å². The summed E-state index contributed by atoms with van der Waals surface area (Å²) in [4.78, 5) is 28.3. The number of likely N-dealkylation sites (N-methyl/N-ethyl adjacent to an activating group) is 1. The van der Waals surface area contributed by atoms with Crippen molar-refractivity contribution in [3.8, 4) is 5.75 Å². The zero-order chi connectivity index (χ0) is 28.7. The maximum Gasteiger partial charge on any atom is 0.264 e. The Morgan fingerprint density at radius 1 is 1.03 bits per heavy atom. The molecule has 2 amide bonds. The summed E-state index contributed by atoms with van der Waals surface area (Å²) in [5.41, 5.74) is 2.54. The van der Waals surface area contributed by atoms with Crippen LogP contribution in [0.4, 0.5) is 5.69 Å². The Kier molecular flexibility index (Phi) is 9.99. The van der Waals surface area contributed by atoms with Crippen LogP contribution >= 0.6 is 11.6 Å². The van der Waals surface area contributed by atoms with Crippen LogP contribution in [0, 0.1) is 13.8 Å². The maximum absolute atomic E-state index is 14.0. The largest absolute Gasteiger partial charge is 0.497 e. The van der Waals surface area contributed by atoms with Crippen LogP contribution in [0.25, 0.3) is 0 Å². The molecule has 3 aromatic carbocycles. The van der Waals surface area contributed by atoms with E-state index in [1.165, 1.54) is 30.1 Å². The number of methoxy groups -OCH3 is 1. The monoisotopic (exact) mass is 571 g/mol. The quantitative estimate of drug-likeness (QED) is 0.359. The van der Waals surface area contributed by atoms with E-state index >= 15 is 0 Å². The number of nitrogens with one attached hydrogen (secondary N) is 1. The van der Waals surface area contributed by atoms with Crippen molar-refractivity contribution < 1.29 is 22.7 Å². The molecule has 0 aliphatic heterocycles. The van der Waals surface area contributed by atoms with Gasteiger partial charge in [-0.3, -0.25) is 13.9 Å². The number of hydrogen-bond acceptors (Lipinski definition) is 5. The Bertz CT molecular complexity index is 1430. The molecule has 0 unspecified atom stereocenters. The second-order valence-electron chi connectivity index (χ2n) is 9.17. The lowest BCUT2D eigenvalue weighted by Gasteiger charge is -2.33. The Labute approximate surface area is 235 Å². The van der Waals surface area contributed by atoms with Gasteiger partial charge in [0, 0.05) is 18.6 Å². The van der Waals surface area contributed by atoms with Gasteiger partial charge in [0.1, 0.15) is 18.3 Å². The van der Waals surface area contributed by atoms with Gasteiger partial charge in [0.2, 0.25) is 11.8 Å². The van der Waals surface area contributed by atoms with E-state index in [-0.39, 0.29) is 23.0 Å². The number of rotatable bonds is 11. The molecule has 0 heterocycles. The summed E-state index contributed by atoms with van der Waals surface area (Å²) >= 11 is 6.26. The molecule has 1 N–H and O–H groups in total. The second-order valence-corrected chi connectivity index (χ2v) is 11.5. The van der Waals surface area contributed by atoms with Gasteiger partial charge in [-0.1, -0.05) is 54.4 Å². The van der Waals surface area contributed by atoms with E-state index in [1.54, 1.807) is 63.4 Å². The Balaban J connectivity index is 2.11. The van der Waals surface area contributed by atoms with Crippen LogP contribution in [-0.2, 0) is 26.2 Å². The topological polar surface area (TPSA) is 96.0 Å². The van der Waals surface area contributed by atoms with Crippen LogP contribution in [-0.4, -0.2) is 51.9 Å². The average molecular weight is 572 g/mol. The SMILES string of the molecule is CC[C@@H](C(=O)NC)N(Cc1cccc(OC)c1)C(=O)CN(c1cc(Cl)ccc1C)S(=O)(=O)c1ccc(C)cc1. The molecule has 39 heavy (non-hydrogen) atoms. The van der Waals surface area contributed by atoms with Crippen molar-refractivity contribution in [2.75, 3.05) is 25.0 Å². The fourth-order valence-corrected chi connectivity index (χ4v) is 5.89. The predicted molar refractivity (Wildman–Crippen MR) is 154 cm³/mol. The van der Waals surface area contributed by atoms with E-state index < -0.39 is 28.5 Å². The fraction of sp³-hybridized carbons (Fsp3) is 0.310. The van der Waals surface area contributed by atoms with Crippen LogP contribution < -0.4 is 14.4 Å². The molecule has 0 aromatic heterocycles. The summed E-state index contributed by atoms with van der Waals surface area (Å²) < 4.78 is 34.3. The number of benzene rings is 3. The standard InChI is InChI=1S/C29H34ClN3O5S/c1-6-26(29(35)31-4)32(18-22-8-7-9-24(16-22)38-5)28(34)19-33(27-17-23(30)13-12-21(27)3)39(36,37)25-14-10-20(2)11-15-25/h7-17,26H,6,18-19H2,1-5H3,(H,31,35)/t26-/m0/s1. The molecule has 0 spiro atoms. The van der Waals surface area contributed by atoms with E-state index in [1.807, 2.05) is 13.0 Å². The number of carbonyl (C=O) groups is 2. The summed E-state index contributed by atoms with van der Waals surface area (Å²) in [6, 6.07) is 17.7. The van der Waals surface area contributed by atoms with E-state index in [0.29, 0.717) is 22.8 Å².